The van der Waals surface area contributed by atoms with Crippen LogP contribution < -0.4 is 0 Å². The van der Waals surface area contributed by atoms with E-state index in [0.29, 0.717) is 90.2 Å². The van der Waals surface area contributed by atoms with E-state index in [1.54, 1.807) is 11.8 Å². The predicted molar refractivity (Wildman–Crippen MR) is 208 cm³/mol. The average Bonchev–Trinajstić information content (AvgIpc) is 3.60. The highest BCUT2D eigenvalue weighted by atomic mass is 35.5. The molecule has 11 heteroatoms. The minimum absolute atomic E-state index is 0.131. The lowest BCUT2D eigenvalue weighted by Crippen LogP contribution is -2.36. The smallest absolute Gasteiger partial charge is 0.223 e. The van der Waals surface area contributed by atoms with Gasteiger partial charge in [0.15, 0.2) is 0 Å². The van der Waals surface area contributed by atoms with Crippen molar-refractivity contribution in [3.05, 3.63) is 69.3 Å². The number of rotatable bonds is 19. The highest BCUT2D eigenvalue weighted by Gasteiger charge is 2.23. The number of halogens is 2. The summed E-state index contributed by atoms with van der Waals surface area (Å²) in [6.45, 7) is 21.0. The molecule has 0 bridgehead atoms. The lowest BCUT2D eigenvalue weighted by molar-refractivity contribution is -0.133. The van der Waals surface area contributed by atoms with Crippen molar-refractivity contribution < 1.29 is 9.59 Å². The molecule has 0 radical (unpaired) electrons. The van der Waals surface area contributed by atoms with Gasteiger partial charge in [-0.1, -0.05) is 89.6 Å². The summed E-state index contributed by atoms with van der Waals surface area (Å²) in [5, 5.41) is 1.29. The van der Waals surface area contributed by atoms with E-state index in [1.807, 2.05) is 9.80 Å². The highest BCUT2D eigenvalue weighted by Crippen LogP contribution is 2.35. The standard InChI is InChI=1S/C38H56Cl2N6O2S/c1-10-18-45(33(47)19-24(3)4)22-31-41-35(37(39)43-31)26(7)12-13-28(11-2)29-14-16-30(17-15-29)36-38(40)44-32(42-36)23-46(21-27(8)49-9)34(48)20-25(5)6/h11,14,16,24-25,27H,7,10,12-13,15,17-23H2,1-6,8-9H3,(H,41,43)(H,42,44). The zero-order valence-electron chi connectivity index (χ0n) is 30.7. The van der Waals surface area contributed by atoms with Crippen LogP contribution in [0, 0.1) is 11.8 Å². The lowest BCUT2D eigenvalue weighted by atomic mass is 9.89. The zero-order chi connectivity index (χ0) is 36.2. The van der Waals surface area contributed by atoms with Crippen LogP contribution in [0.4, 0.5) is 0 Å². The summed E-state index contributed by atoms with van der Waals surface area (Å²) >= 11 is 15.0. The van der Waals surface area contributed by atoms with Gasteiger partial charge in [-0.25, -0.2) is 9.97 Å². The van der Waals surface area contributed by atoms with Crippen molar-refractivity contribution in [3.8, 4) is 0 Å². The molecular weight excluding hydrogens is 675 g/mol. The van der Waals surface area contributed by atoms with E-state index in [2.05, 4.69) is 89.5 Å². The Morgan fingerprint density at radius 1 is 0.939 bits per heavy atom. The Morgan fingerprint density at radius 2 is 1.55 bits per heavy atom. The van der Waals surface area contributed by atoms with Gasteiger partial charge < -0.3 is 19.8 Å². The first-order chi connectivity index (χ1) is 23.3. The molecule has 3 rings (SSSR count). The summed E-state index contributed by atoms with van der Waals surface area (Å²) in [5.41, 5.74) is 5.88. The van der Waals surface area contributed by atoms with Gasteiger partial charge in [0, 0.05) is 31.2 Å². The maximum atomic E-state index is 13.0. The second-order valence-electron chi connectivity index (χ2n) is 13.8. The minimum Gasteiger partial charge on any atom is -0.335 e. The van der Waals surface area contributed by atoms with Gasteiger partial charge in [-0.05, 0) is 79.4 Å². The van der Waals surface area contributed by atoms with Crippen LogP contribution in [0.3, 0.4) is 0 Å². The Labute approximate surface area is 308 Å². The SMILES string of the molecule is C=C(CCC(=CC)C1=CC=C(c2nc(CN(CC(C)SC)C(=O)CC(C)C)[nH]c2Cl)CC1)c1nc(CN(CCC)C(=O)CC(C)C)[nH]c1Cl. The monoisotopic (exact) mass is 730 g/mol. The van der Waals surface area contributed by atoms with Gasteiger partial charge in [-0.2, -0.15) is 11.8 Å². The number of H-pyrrole nitrogens is 2. The summed E-state index contributed by atoms with van der Waals surface area (Å²) in [4.78, 5) is 45.6. The Morgan fingerprint density at radius 3 is 2.12 bits per heavy atom. The third kappa shape index (κ3) is 12.2. The van der Waals surface area contributed by atoms with E-state index in [-0.39, 0.29) is 11.8 Å². The molecule has 270 valence electrons. The molecule has 2 aromatic rings. The third-order valence-electron chi connectivity index (χ3n) is 8.59. The lowest BCUT2D eigenvalue weighted by Gasteiger charge is -2.25. The summed E-state index contributed by atoms with van der Waals surface area (Å²) in [6.07, 6.45) is 13.6. The van der Waals surface area contributed by atoms with Gasteiger partial charge in [0.2, 0.25) is 11.8 Å². The number of aromatic amines is 2. The number of carbonyl (C=O) groups is 2. The number of aromatic nitrogens is 4. The molecule has 1 unspecified atom stereocenters. The molecular formula is C38H56Cl2N6O2S. The molecule has 2 heterocycles. The molecule has 1 aliphatic rings. The number of nitrogens with one attached hydrogen (secondary N) is 2. The Kier molecular flexibility index (Phi) is 16.3. The van der Waals surface area contributed by atoms with Crippen molar-refractivity contribution in [2.45, 2.75) is 112 Å². The van der Waals surface area contributed by atoms with Crippen molar-refractivity contribution in [2.75, 3.05) is 19.3 Å². The normalized spacial score (nSPS) is 14.2. The summed E-state index contributed by atoms with van der Waals surface area (Å²) in [7, 11) is 0. The summed E-state index contributed by atoms with van der Waals surface area (Å²) < 4.78 is 0. The van der Waals surface area contributed by atoms with Gasteiger partial charge in [0.1, 0.15) is 33.3 Å². The van der Waals surface area contributed by atoms with E-state index in [1.165, 1.54) is 11.1 Å². The fourth-order valence-electron chi connectivity index (χ4n) is 5.91. The first-order valence-electron chi connectivity index (χ1n) is 17.6. The molecule has 8 nitrogen and oxygen atoms in total. The first kappa shape index (κ1) is 40.7. The Bertz CT molecular complexity index is 1540. The minimum atomic E-state index is 0.131. The molecule has 0 aromatic carbocycles. The van der Waals surface area contributed by atoms with E-state index < -0.39 is 0 Å². The molecule has 1 aliphatic carbocycles. The van der Waals surface area contributed by atoms with Crippen LogP contribution in [0.2, 0.25) is 10.3 Å². The fraction of sp³-hybridized carbons (Fsp3) is 0.579. The van der Waals surface area contributed by atoms with Crippen LogP contribution in [-0.2, 0) is 22.7 Å². The molecule has 2 aromatic heterocycles. The number of hydrogen-bond donors (Lipinski definition) is 2. The van der Waals surface area contributed by atoms with Crippen molar-refractivity contribution in [3.63, 3.8) is 0 Å². The van der Waals surface area contributed by atoms with Gasteiger partial charge >= 0.3 is 0 Å². The quantitative estimate of drug-likeness (QED) is 0.150. The van der Waals surface area contributed by atoms with Crippen LogP contribution in [0.15, 0.2) is 36.0 Å². The van der Waals surface area contributed by atoms with Gasteiger partial charge in [0.25, 0.3) is 0 Å². The van der Waals surface area contributed by atoms with Crippen molar-refractivity contribution in [1.29, 1.82) is 0 Å². The van der Waals surface area contributed by atoms with Crippen molar-refractivity contribution >= 4 is 57.9 Å². The number of hydrogen-bond acceptors (Lipinski definition) is 5. The Balaban J connectivity index is 1.66. The van der Waals surface area contributed by atoms with Crippen LogP contribution in [0.5, 0.6) is 0 Å². The number of thioether (sulfide) groups is 1. The van der Waals surface area contributed by atoms with Crippen LogP contribution in [0.1, 0.15) is 116 Å². The zero-order valence-corrected chi connectivity index (χ0v) is 33.0. The second kappa shape index (κ2) is 19.6. The van der Waals surface area contributed by atoms with Gasteiger partial charge in [0.05, 0.1) is 13.1 Å². The average molecular weight is 732 g/mol. The molecule has 49 heavy (non-hydrogen) atoms. The number of carbonyl (C=O) groups excluding carboxylic acids is 2. The number of nitrogens with zero attached hydrogens (tertiary/aromatic N) is 4. The predicted octanol–water partition coefficient (Wildman–Crippen LogP) is 9.89. The largest absolute Gasteiger partial charge is 0.335 e. The number of imidazole rings is 2. The van der Waals surface area contributed by atoms with Crippen LogP contribution >= 0.6 is 35.0 Å². The molecule has 0 aliphatic heterocycles. The van der Waals surface area contributed by atoms with E-state index in [0.717, 1.165) is 42.5 Å². The molecule has 0 spiro atoms. The number of amides is 2. The summed E-state index contributed by atoms with van der Waals surface area (Å²) in [5.74, 6) is 2.24. The first-order valence-corrected chi connectivity index (χ1v) is 19.6. The van der Waals surface area contributed by atoms with E-state index in [9.17, 15) is 9.59 Å². The molecule has 1 atom stereocenters. The van der Waals surface area contributed by atoms with Gasteiger partial charge in [-0.15, -0.1) is 0 Å². The van der Waals surface area contributed by atoms with Crippen molar-refractivity contribution in [1.82, 2.24) is 29.7 Å². The van der Waals surface area contributed by atoms with Gasteiger partial charge in [-0.3, -0.25) is 9.59 Å². The number of allylic oxidation sites excluding steroid dienone is 7. The molecule has 2 amide bonds. The van der Waals surface area contributed by atoms with Crippen LogP contribution in [-0.4, -0.2) is 66.1 Å². The fourth-order valence-corrected chi connectivity index (χ4v) is 6.80. The third-order valence-corrected chi connectivity index (χ3v) is 10.1. The van der Waals surface area contributed by atoms with E-state index >= 15 is 0 Å². The van der Waals surface area contributed by atoms with Crippen LogP contribution in [0.25, 0.3) is 11.1 Å². The maximum absolute atomic E-state index is 13.0. The molecule has 0 saturated heterocycles. The Hall–Kier alpha value is -2.75. The second-order valence-corrected chi connectivity index (χ2v) is 15.9. The molecule has 0 fully saturated rings. The van der Waals surface area contributed by atoms with E-state index in [4.69, 9.17) is 33.2 Å². The highest BCUT2D eigenvalue weighted by molar-refractivity contribution is 7.99. The molecule has 0 saturated carbocycles. The summed E-state index contributed by atoms with van der Waals surface area (Å²) in [6, 6.07) is 0. The maximum Gasteiger partial charge on any atom is 0.223 e. The molecule has 2 N–H and O–H groups in total. The topological polar surface area (TPSA) is 98.0 Å². The van der Waals surface area contributed by atoms with Crippen molar-refractivity contribution in [2.24, 2.45) is 11.8 Å².